The van der Waals surface area contributed by atoms with Gasteiger partial charge in [0.05, 0.1) is 34.2 Å². The van der Waals surface area contributed by atoms with Gasteiger partial charge in [-0.15, -0.1) is 20.4 Å². The molecular weight excluding hydrogens is 987 g/mol. The molecule has 0 aliphatic heterocycles. The normalized spacial score (nSPS) is 20.3. The van der Waals surface area contributed by atoms with Crippen molar-refractivity contribution in [1.82, 2.24) is 30.4 Å². The number of amides is 2. The molecule has 4 aromatic heterocycles. The highest BCUT2D eigenvalue weighted by atomic mass is 79.9. The van der Waals surface area contributed by atoms with E-state index in [1.165, 1.54) is 77.8 Å². The second kappa shape index (κ2) is 19.6. The Kier molecular flexibility index (Phi) is 14.8. The molecule has 1 aromatic carbocycles. The van der Waals surface area contributed by atoms with Crippen LogP contribution in [0.1, 0.15) is 78.6 Å². The minimum absolute atomic E-state index is 0.0213. The van der Waals surface area contributed by atoms with Crippen LogP contribution in [0.4, 0.5) is 43.2 Å². The summed E-state index contributed by atoms with van der Waals surface area (Å²) in [5, 5.41) is 16.2. The Labute approximate surface area is 389 Å². The van der Waals surface area contributed by atoms with Crippen molar-refractivity contribution in [3.8, 4) is 17.0 Å². The molecule has 2 aliphatic carbocycles. The maximum absolute atomic E-state index is 14.7. The second-order valence-corrected chi connectivity index (χ2v) is 19.5. The van der Waals surface area contributed by atoms with Crippen LogP contribution in [0.3, 0.4) is 0 Å². The molecule has 0 spiro atoms. The van der Waals surface area contributed by atoms with E-state index >= 15 is 0 Å². The average Bonchev–Trinajstić information content (AvgIpc) is 3.21. The maximum atomic E-state index is 14.7. The molecule has 7 rings (SSSR count). The number of nitrogens with zero attached hydrogens (tertiary/aromatic N) is 8. The maximum Gasteiger partial charge on any atom is 0.416 e. The van der Waals surface area contributed by atoms with Gasteiger partial charge in [-0.2, -0.15) is 0 Å². The molecule has 0 saturated heterocycles. The van der Waals surface area contributed by atoms with Gasteiger partial charge in [0, 0.05) is 36.3 Å². The van der Waals surface area contributed by atoms with Crippen LogP contribution in [-0.2, 0) is 20.3 Å². The fourth-order valence-corrected chi connectivity index (χ4v) is 8.37. The van der Waals surface area contributed by atoms with Crippen LogP contribution >= 0.6 is 31.9 Å². The van der Waals surface area contributed by atoms with Gasteiger partial charge in [0.15, 0.2) is 11.6 Å². The zero-order valence-electron chi connectivity index (χ0n) is 36.6. The molecule has 13 nitrogen and oxygen atoms in total. The predicted octanol–water partition coefficient (Wildman–Crippen LogP) is 11.0. The van der Waals surface area contributed by atoms with Crippen molar-refractivity contribution in [2.24, 2.45) is 0 Å². The van der Waals surface area contributed by atoms with Crippen molar-refractivity contribution < 1.29 is 45.8 Å². The summed E-state index contributed by atoms with van der Waals surface area (Å²) >= 11 is 6.53. The fourth-order valence-electron chi connectivity index (χ4n) is 7.67. The summed E-state index contributed by atoms with van der Waals surface area (Å²) in [7, 11) is 1.40. The number of hydrogen-bond acceptors (Lipinski definition) is 11. The van der Waals surface area contributed by atoms with Crippen molar-refractivity contribution in [2.45, 2.75) is 102 Å². The third-order valence-corrected chi connectivity index (χ3v) is 11.5. The van der Waals surface area contributed by atoms with Crippen LogP contribution < -0.4 is 14.5 Å². The first kappa shape index (κ1) is 49.1. The van der Waals surface area contributed by atoms with E-state index in [4.69, 9.17) is 14.2 Å². The number of ether oxygens (including phenoxy) is 3. The van der Waals surface area contributed by atoms with E-state index in [2.05, 4.69) is 62.2 Å². The lowest BCUT2D eigenvalue weighted by Crippen LogP contribution is -2.54. The van der Waals surface area contributed by atoms with E-state index in [0.717, 1.165) is 0 Å². The van der Waals surface area contributed by atoms with Crippen molar-refractivity contribution >= 4 is 55.7 Å². The van der Waals surface area contributed by atoms with Crippen molar-refractivity contribution in [1.29, 1.82) is 0 Å². The summed E-state index contributed by atoms with van der Waals surface area (Å²) < 4.78 is 89.4. The van der Waals surface area contributed by atoms with E-state index in [1.54, 1.807) is 53.7 Å². The van der Waals surface area contributed by atoms with E-state index in [-0.39, 0.29) is 78.8 Å². The third-order valence-electron chi connectivity index (χ3n) is 10.5. The van der Waals surface area contributed by atoms with E-state index in [9.17, 15) is 31.5 Å². The summed E-state index contributed by atoms with van der Waals surface area (Å²) in [6.45, 7) is 10.2. The lowest BCUT2D eigenvalue weighted by molar-refractivity contribution is 0.0501. The summed E-state index contributed by atoms with van der Waals surface area (Å²) in [6.07, 6.45) is -0.713. The largest absolute Gasteiger partial charge is 0.495 e. The number of hydrogen-bond donors (Lipinski definition) is 0. The van der Waals surface area contributed by atoms with Gasteiger partial charge in [-0.25, -0.2) is 31.5 Å². The van der Waals surface area contributed by atoms with Gasteiger partial charge < -0.3 is 14.2 Å². The Bertz CT molecular complexity index is 2480. The predicted molar refractivity (Wildman–Crippen MR) is 239 cm³/mol. The fraction of sp³-hybridized carbons (Fsp3) is 0.422. The van der Waals surface area contributed by atoms with Gasteiger partial charge in [-0.1, -0.05) is 0 Å². The average molecular weight is 1030 g/mol. The van der Waals surface area contributed by atoms with Crippen LogP contribution in [0.25, 0.3) is 11.3 Å². The number of rotatable bonds is 10. The number of aromatic nitrogens is 6. The highest BCUT2D eigenvalue weighted by molar-refractivity contribution is 9.10. The summed E-state index contributed by atoms with van der Waals surface area (Å²) in [4.78, 5) is 36.9. The molecule has 2 fully saturated rings. The third kappa shape index (κ3) is 11.5. The Morgan fingerprint density at radius 1 is 0.662 bits per heavy atom. The second-order valence-electron chi connectivity index (χ2n) is 17.8. The monoisotopic (exact) mass is 1030 g/mol. The molecule has 5 aromatic rings. The zero-order valence-corrected chi connectivity index (χ0v) is 39.8. The number of methoxy groups -OCH3 is 1. The topological polar surface area (TPSA) is 146 Å². The Morgan fingerprint density at radius 2 is 1.12 bits per heavy atom. The van der Waals surface area contributed by atoms with Crippen LogP contribution in [0.5, 0.6) is 5.75 Å². The van der Waals surface area contributed by atoms with Crippen molar-refractivity contribution in [2.75, 3.05) is 30.0 Å². The number of alkyl halides is 2. The Balaban J connectivity index is 0.000000224. The molecule has 65 heavy (non-hydrogen) atoms. The molecule has 0 unspecified atom stereocenters. The molecule has 20 heteroatoms. The molecule has 0 N–H and O–H groups in total. The highest BCUT2D eigenvalue weighted by Gasteiger charge is 2.52. The number of benzene rings is 1. The van der Waals surface area contributed by atoms with Crippen LogP contribution in [0.2, 0.25) is 0 Å². The van der Waals surface area contributed by atoms with Crippen molar-refractivity contribution in [3.63, 3.8) is 0 Å². The first-order chi connectivity index (χ1) is 30.5. The first-order valence-corrected chi connectivity index (χ1v) is 22.0. The number of halogens is 7. The van der Waals surface area contributed by atoms with Crippen LogP contribution in [0.15, 0.2) is 82.1 Å². The van der Waals surface area contributed by atoms with E-state index in [1.807, 2.05) is 0 Å². The molecule has 0 bridgehead atoms. The summed E-state index contributed by atoms with van der Waals surface area (Å²) in [5.41, 5.74) is -3.17. The minimum atomic E-state index is -1.16. The molecule has 2 aliphatic rings. The molecule has 346 valence electrons. The molecule has 4 heterocycles. The molecule has 0 atom stereocenters. The standard InChI is InChI=1S/C26H26BrF3N4O3.C19H21BrF2N4O2/c1-25(2,3)37-24(35)34(14-26(12-15(28)13-26)23-18(30)6-5-11-31-23)20-10-9-19(32-33-20)21-17(29)8-7-16(27)22(21)36-4;1-18(2,3)28-17(27)26(15-7-6-14(20)24-25-15)11-19(9-12(21)10-19)16-13(22)5-4-8-23-16/h5-11,15H,12-14H2,1-4H3;4-8,12H,9-11H2,1-3H3/t15-,26+;12-,19+. The van der Waals surface area contributed by atoms with E-state index in [0.29, 0.717) is 9.08 Å². The molecule has 2 saturated carbocycles. The highest BCUT2D eigenvalue weighted by Crippen LogP contribution is 2.48. The first-order valence-electron chi connectivity index (χ1n) is 20.4. The van der Waals surface area contributed by atoms with Gasteiger partial charge in [0.25, 0.3) is 0 Å². The SMILES string of the molecule is CC(C)(C)OC(=O)N(C[C@]1(c2ncccc2F)C[C@@H](F)C1)c1ccc(Br)nn1.COc1c(Br)ccc(F)c1-c1ccc(N(C[C@]2(c3ncccc3F)C[C@@H](F)C2)C(=O)OC(C)(C)C)nn1. The van der Waals surface area contributed by atoms with Gasteiger partial charge in [0.2, 0.25) is 0 Å². The lowest BCUT2D eigenvalue weighted by Gasteiger charge is -2.46. The molecular formula is C45H47Br2F5N8O5. The van der Waals surface area contributed by atoms with Gasteiger partial charge in [0.1, 0.15) is 51.3 Å². The van der Waals surface area contributed by atoms with E-state index < -0.39 is 64.0 Å². The number of carbonyl (C=O) groups excluding carboxylic acids is 2. The molecule has 2 amide bonds. The van der Waals surface area contributed by atoms with Crippen molar-refractivity contribution in [3.05, 3.63) is 111 Å². The summed E-state index contributed by atoms with van der Waals surface area (Å²) in [5.74, 6) is -1.14. The van der Waals surface area contributed by atoms with Gasteiger partial charge >= 0.3 is 12.2 Å². The number of anilines is 2. The number of pyridine rings is 2. The molecule has 0 radical (unpaired) electrons. The van der Waals surface area contributed by atoms with Gasteiger partial charge in [-0.3, -0.25) is 19.8 Å². The smallest absolute Gasteiger partial charge is 0.416 e. The Morgan fingerprint density at radius 3 is 1.49 bits per heavy atom. The Hall–Kier alpha value is -5.37. The van der Waals surface area contributed by atoms with Crippen LogP contribution in [0, 0.1) is 17.5 Å². The number of carbonyl (C=O) groups is 2. The quantitative estimate of drug-likeness (QED) is 0.123. The minimum Gasteiger partial charge on any atom is -0.495 e. The lowest BCUT2D eigenvalue weighted by atomic mass is 9.64. The van der Waals surface area contributed by atoms with Gasteiger partial charge in [-0.05, 0) is 160 Å². The summed E-state index contributed by atoms with van der Waals surface area (Å²) in [6, 6.07) is 14.4. The zero-order chi connectivity index (χ0) is 47.5. The van der Waals surface area contributed by atoms with Crippen LogP contribution in [-0.4, -0.2) is 86.3 Å².